The SMILES string of the molecule is CCCCCCOC(=O)CCC=O. The monoisotopic (exact) mass is 186 g/mol. The lowest BCUT2D eigenvalue weighted by Gasteiger charge is -2.02. The quantitative estimate of drug-likeness (QED) is 0.331. The Balaban J connectivity index is 3.12. The lowest BCUT2D eigenvalue weighted by molar-refractivity contribution is -0.144. The van der Waals surface area contributed by atoms with E-state index in [-0.39, 0.29) is 18.8 Å². The fraction of sp³-hybridized carbons (Fsp3) is 0.800. The van der Waals surface area contributed by atoms with Crippen LogP contribution in [0.15, 0.2) is 0 Å². The van der Waals surface area contributed by atoms with Crippen molar-refractivity contribution in [2.45, 2.75) is 45.4 Å². The number of esters is 1. The van der Waals surface area contributed by atoms with Crippen molar-refractivity contribution in [1.82, 2.24) is 0 Å². The Morgan fingerprint density at radius 2 is 2.08 bits per heavy atom. The van der Waals surface area contributed by atoms with Crippen LogP contribution < -0.4 is 0 Å². The summed E-state index contributed by atoms with van der Waals surface area (Å²) in [4.78, 5) is 20.8. The van der Waals surface area contributed by atoms with Crippen LogP contribution in [0.5, 0.6) is 0 Å². The van der Waals surface area contributed by atoms with Gasteiger partial charge in [0, 0.05) is 6.42 Å². The van der Waals surface area contributed by atoms with Crippen LogP contribution in [0.25, 0.3) is 0 Å². The third-order valence-corrected chi connectivity index (χ3v) is 1.73. The second kappa shape index (κ2) is 9.23. The number of aldehydes is 1. The van der Waals surface area contributed by atoms with Crippen molar-refractivity contribution in [3.8, 4) is 0 Å². The van der Waals surface area contributed by atoms with E-state index in [4.69, 9.17) is 4.74 Å². The summed E-state index contributed by atoms with van der Waals surface area (Å²) in [7, 11) is 0. The van der Waals surface area contributed by atoms with Gasteiger partial charge >= 0.3 is 5.97 Å². The molecular weight excluding hydrogens is 168 g/mol. The maximum absolute atomic E-state index is 10.9. The first kappa shape index (κ1) is 12.1. The molecule has 0 aromatic heterocycles. The van der Waals surface area contributed by atoms with Crippen LogP contribution in [0, 0.1) is 0 Å². The fourth-order valence-corrected chi connectivity index (χ4v) is 0.964. The van der Waals surface area contributed by atoms with Gasteiger partial charge in [0.2, 0.25) is 0 Å². The van der Waals surface area contributed by atoms with Gasteiger partial charge in [-0.05, 0) is 6.42 Å². The molecule has 0 atom stereocenters. The number of rotatable bonds is 8. The fourth-order valence-electron chi connectivity index (χ4n) is 0.964. The average molecular weight is 186 g/mol. The van der Waals surface area contributed by atoms with Crippen LogP contribution in [-0.2, 0) is 14.3 Å². The van der Waals surface area contributed by atoms with Crippen molar-refractivity contribution < 1.29 is 14.3 Å². The maximum atomic E-state index is 10.9. The minimum absolute atomic E-state index is 0.220. The molecule has 0 saturated heterocycles. The van der Waals surface area contributed by atoms with Gasteiger partial charge < -0.3 is 9.53 Å². The van der Waals surface area contributed by atoms with Gasteiger partial charge in [-0.2, -0.15) is 0 Å². The van der Waals surface area contributed by atoms with Crippen molar-refractivity contribution in [1.29, 1.82) is 0 Å². The van der Waals surface area contributed by atoms with Gasteiger partial charge in [-0.1, -0.05) is 26.2 Å². The van der Waals surface area contributed by atoms with Crippen molar-refractivity contribution in [2.75, 3.05) is 6.61 Å². The second-order valence-corrected chi connectivity index (χ2v) is 2.99. The number of ether oxygens (including phenoxy) is 1. The summed E-state index contributed by atoms with van der Waals surface area (Å²) >= 11 is 0. The van der Waals surface area contributed by atoms with Gasteiger partial charge in [0.1, 0.15) is 6.29 Å². The molecule has 0 bridgehead atoms. The molecule has 0 saturated carbocycles. The molecule has 0 spiro atoms. The molecule has 76 valence electrons. The number of hydrogen-bond donors (Lipinski definition) is 0. The lowest BCUT2D eigenvalue weighted by atomic mass is 10.2. The van der Waals surface area contributed by atoms with E-state index in [0.717, 1.165) is 19.1 Å². The molecule has 0 fully saturated rings. The second-order valence-electron chi connectivity index (χ2n) is 2.99. The molecule has 0 unspecified atom stereocenters. The predicted molar refractivity (Wildman–Crippen MR) is 50.4 cm³/mol. The van der Waals surface area contributed by atoms with E-state index in [1.807, 2.05) is 0 Å². The van der Waals surface area contributed by atoms with E-state index < -0.39 is 0 Å². The highest BCUT2D eigenvalue weighted by molar-refractivity contribution is 5.72. The molecular formula is C10H18O3. The van der Waals surface area contributed by atoms with E-state index >= 15 is 0 Å². The minimum Gasteiger partial charge on any atom is -0.466 e. The van der Waals surface area contributed by atoms with Gasteiger partial charge in [0.15, 0.2) is 0 Å². The van der Waals surface area contributed by atoms with Crippen LogP contribution in [0.4, 0.5) is 0 Å². The van der Waals surface area contributed by atoms with Crippen molar-refractivity contribution in [3.05, 3.63) is 0 Å². The Hall–Kier alpha value is -0.860. The summed E-state index contributed by atoms with van der Waals surface area (Å²) in [6.45, 7) is 2.63. The number of hydrogen-bond acceptors (Lipinski definition) is 3. The number of carbonyl (C=O) groups is 2. The maximum Gasteiger partial charge on any atom is 0.306 e. The highest BCUT2D eigenvalue weighted by atomic mass is 16.5. The molecule has 3 nitrogen and oxygen atoms in total. The Morgan fingerprint density at radius 3 is 2.69 bits per heavy atom. The van der Waals surface area contributed by atoms with Crippen LogP contribution in [0.1, 0.15) is 45.4 Å². The minimum atomic E-state index is -0.261. The molecule has 13 heavy (non-hydrogen) atoms. The van der Waals surface area contributed by atoms with Crippen molar-refractivity contribution in [3.63, 3.8) is 0 Å². The summed E-state index contributed by atoms with van der Waals surface area (Å²) < 4.78 is 4.89. The number of unbranched alkanes of at least 4 members (excludes halogenated alkanes) is 3. The summed E-state index contributed by atoms with van der Waals surface area (Å²) in [6.07, 6.45) is 5.63. The van der Waals surface area contributed by atoms with Crippen LogP contribution in [0.3, 0.4) is 0 Å². The molecule has 0 aliphatic heterocycles. The standard InChI is InChI=1S/C10H18O3/c1-2-3-4-5-9-13-10(12)7-6-8-11/h8H,2-7,9H2,1H3. The molecule has 0 heterocycles. The molecule has 0 rings (SSSR count). The Morgan fingerprint density at radius 1 is 1.31 bits per heavy atom. The highest BCUT2D eigenvalue weighted by Crippen LogP contribution is 1.99. The van der Waals surface area contributed by atoms with Gasteiger partial charge in [-0.3, -0.25) is 4.79 Å². The molecule has 0 aliphatic carbocycles. The highest BCUT2D eigenvalue weighted by Gasteiger charge is 2.00. The Bertz CT molecular complexity index is 143. The summed E-state index contributed by atoms with van der Waals surface area (Å²) in [6, 6.07) is 0. The Labute approximate surface area is 79.5 Å². The van der Waals surface area contributed by atoms with Crippen LogP contribution in [0.2, 0.25) is 0 Å². The van der Waals surface area contributed by atoms with E-state index in [1.54, 1.807) is 0 Å². The summed E-state index contributed by atoms with van der Waals surface area (Å²) in [5.74, 6) is -0.261. The normalized spacial score (nSPS) is 9.62. The first-order valence-electron chi connectivity index (χ1n) is 4.90. The van der Waals surface area contributed by atoms with Gasteiger partial charge in [0.25, 0.3) is 0 Å². The largest absolute Gasteiger partial charge is 0.466 e. The summed E-state index contributed by atoms with van der Waals surface area (Å²) in [5, 5.41) is 0. The van der Waals surface area contributed by atoms with Gasteiger partial charge in [0.05, 0.1) is 13.0 Å². The van der Waals surface area contributed by atoms with E-state index in [9.17, 15) is 9.59 Å². The zero-order chi connectivity index (χ0) is 9.94. The molecule has 0 amide bonds. The van der Waals surface area contributed by atoms with E-state index in [0.29, 0.717) is 6.61 Å². The van der Waals surface area contributed by atoms with Gasteiger partial charge in [-0.15, -0.1) is 0 Å². The first-order valence-corrected chi connectivity index (χ1v) is 4.90. The molecule has 0 N–H and O–H groups in total. The van der Waals surface area contributed by atoms with E-state index in [1.165, 1.54) is 12.8 Å². The topological polar surface area (TPSA) is 43.4 Å². The van der Waals surface area contributed by atoms with Crippen LogP contribution >= 0.6 is 0 Å². The van der Waals surface area contributed by atoms with Crippen molar-refractivity contribution in [2.24, 2.45) is 0 Å². The smallest absolute Gasteiger partial charge is 0.306 e. The molecule has 0 radical (unpaired) electrons. The van der Waals surface area contributed by atoms with Crippen molar-refractivity contribution >= 4 is 12.3 Å². The first-order chi connectivity index (χ1) is 6.31. The lowest BCUT2D eigenvalue weighted by Crippen LogP contribution is -2.05. The zero-order valence-electron chi connectivity index (χ0n) is 8.25. The Kier molecular flexibility index (Phi) is 8.62. The number of carbonyl (C=O) groups excluding carboxylic acids is 2. The molecule has 3 heteroatoms. The molecule has 0 aromatic carbocycles. The summed E-state index contributed by atoms with van der Waals surface area (Å²) in [5.41, 5.74) is 0. The third-order valence-electron chi connectivity index (χ3n) is 1.73. The van der Waals surface area contributed by atoms with Gasteiger partial charge in [-0.25, -0.2) is 0 Å². The average Bonchev–Trinajstić information content (AvgIpc) is 2.14. The molecule has 0 aliphatic rings. The zero-order valence-corrected chi connectivity index (χ0v) is 8.25. The predicted octanol–water partition coefficient (Wildman–Crippen LogP) is 2.09. The van der Waals surface area contributed by atoms with E-state index in [2.05, 4.69) is 6.92 Å². The third kappa shape index (κ3) is 9.05. The van der Waals surface area contributed by atoms with Crippen LogP contribution in [-0.4, -0.2) is 18.9 Å². The molecule has 0 aromatic rings.